The Labute approximate surface area is 194 Å². The van der Waals surface area contributed by atoms with E-state index in [1.807, 2.05) is 35.2 Å². The van der Waals surface area contributed by atoms with Gasteiger partial charge in [-0.1, -0.05) is 30.3 Å². The quantitative estimate of drug-likeness (QED) is 0.469. The highest BCUT2D eigenvalue weighted by atomic mass is 19.1. The van der Waals surface area contributed by atoms with Crippen LogP contribution in [-0.4, -0.2) is 41.6 Å². The first kappa shape index (κ1) is 21.5. The number of furan rings is 1. The minimum atomic E-state index is -0.450. The number of hydrogen-bond acceptors (Lipinski definition) is 5. The van der Waals surface area contributed by atoms with Crippen LogP contribution in [0.4, 0.5) is 10.1 Å². The average molecular weight is 456 g/mol. The first-order valence-corrected chi connectivity index (χ1v) is 10.9. The summed E-state index contributed by atoms with van der Waals surface area (Å²) >= 11 is 0. The number of hydrogen-bond donors (Lipinski definition) is 0. The van der Waals surface area contributed by atoms with Gasteiger partial charge in [0.2, 0.25) is 0 Å². The molecule has 2 aromatic carbocycles. The van der Waals surface area contributed by atoms with Crippen LogP contribution < -0.4 is 10.5 Å². The Morgan fingerprint density at radius 1 is 1.03 bits per heavy atom. The van der Waals surface area contributed by atoms with Crippen molar-refractivity contribution in [3.63, 3.8) is 0 Å². The van der Waals surface area contributed by atoms with E-state index in [1.165, 1.54) is 23.0 Å². The third-order valence-corrected chi connectivity index (χ3v) is 6.11. The van der Waals surface area contributed by atoms with E-state index < -0.39 is 11.4 Å². The lowest BCUT2D eigenvalue weighted by atomic mass is 10.1. The predicted octanol–water partition coefficient (Wildman–Crippen LogP) is 3.62. The van der Waals surface area contributed by atoms with Gasteiger partial charge in [0.25, 0.3) is 11.5 Å². The van der Waals surface area contributed by atoms with Crippen molar-refractivity contribution in [2.24, 2.45) is 0 Å². The number of anilines is 1. The monoisotopic (exact) mass is 456 g/mol. The summed E-state index contributed by atoms with van der Waals surface area (Å²) in [6.07, 6.45) is 1.45. The van der Waals surface area contributed by atoms with Gasteiger partial charge < -0.3 is 18.8 Å². The molecule has 1 saturated heterocycles. The molecule has 34 heavy (non-hydrogen) atoms. The fraction of sp³-hybridized carbons (Fsp3) is 0.192. The van der Waals surface area contributed by atoms with Gasteiger partial charge in [0, 0.05) is 31.6 Å². The summed E-state index contributed by atoms with van der Waals surface area (Å²) in [7, 11) is 0. The number of rotatable bonds is 4. The fourth-order valence-corrected chi connectivity index (χ4v) is 4.46. The van der Waals surface area contributed by atoms with Crippen LogP contribution in [0, 0.1) is 17.1 Å². The van der Waals surface area contributed by atoms with Crippen LogP contribution in [0.15, 0.2) is 76.1 Å². The van der Waals surface area contributed by atoms with Gasteiger partial charge in [-0.25, -0.2) is 4.39 Å². The molecule has 0 radical (unpaired) electrons. The number of carbonyl (C=O) groups is 1. The molecule has 0 bridgehead atoms. The van der Waals surface area contributed by atoms with Crippen molar-refractivity contribution < 1.29 is 13.6 Å². The Bertz CT molecular complexity index is 1450. The zero-order chi connectivity index (χ0) is 23.7. The van der Waals surface area contributed by atoms with Crippen molar-refractivity contribution in [1.29, 1.82) is 5.26 Å². The third kappa shape index (κ3) is 3.82. The second-order valence-electron chi connectivity index (χ2n) is 8.13. The molecular formula is C26H21FN4O3. The van der Waals surface area contributed by atoms with Crippen LogP contribution >= 0.6 is 0 Å². The second-order valence-corrected chi connectivity index (χ2v) is 8.13. The zero-order valence-electron chi connectivity index (χ0n) is 18.3. The van der Waals surface area contributed by atoms with Crippen molar-refractivity contribution in [3.8, 4) is 6.07 Å². The molecule has 1 fully saturated rings. The lowest BCUT2D eigenvalue weighted by molar-refractivity contribution is 0.0715. The van der Waals surface area contributed by atoms with Crippen molar-refractivity contribution in [1.82, 2.24) is 9.47 Å². The van der Waals surface area contributed by atoms with Crippen molar-refractivity contribution in [2.75, 3.05) is 31.1 Å². The number of halogens is 1. The molecule has 0 aliphatic carbocycles. The van der Waals surface area contributed by atoms with E-state index in [1.54, 1.807) is 23.1 Å². The average Bonchev–Trinajstić information content (AvgIpc) is 3.41. The molecule has 1 aliphatic rings. The molecule has 2 aromatic heterocycles. The molecule has 0 spiro atoms. The number of benzene rings is 2. The highest BCUT2D eigenvalue weighted by Crippen LogP contribution is 2.31. The molecule has 0 unspecified atom stereocenters. The summed E-state index contributed by atoms with van der Waals surface area (Å²) in [5, 5.41) is 10.5. The predicted molar refractivity (Wildman–Crippen MR) is 125 cm³/mol. The summed E-state index contributed by atoms with van der Waals surface area (Å²) in [6.45, 7) is 1.83. The van der Waals surface area contributed by atoms with E-state index in [2.05, 4.69) is 6.07 Å². The minimum absolute atomic E-state index is 0.0279. The van der Waals surface area contributed by atoms with E-state index in [9.17, 15) is 19.2 Å². The van der Waals surface area contributed by atoms with Crippen LogP contribution in [0.1, 0.15) is 21.7 Å². The maximum absolute atomic E-state index is 14.4. The number of nitrogens with zero attached hydrogens (tertiary/aromatic N) is 4. The van der Waals surface area contributed by atoms with E-state index >= 15 is 0 Å². The number of carbonyl (C=O) groups excluding carboxylic acids is 1. The summed E-state index contributed by atoms with van der Waals surface area (Å²) < 4.78 is 21.1. The van der Waals surface area contributed by atoms with Crippen molar-refractivity contribution in [2.45, 2.75) is 6.54 Å². The Morgan fingerprint density at radius 3 is 2.47 bits per heavy atom. The van der Waals surface area contributed by atoms with Gasteiger partial charge in [0.15, 0.2) is 5.76 Å². The molecule has 0 atom stereocenters. The maximum atomic E-state index is 14.4. The zero-order valence-corrected chi connectivity index (χ0v) is 18.3. The standard InChI is InChI=1S/C26H21FN4O3/c27-19-8-9-22-20(15-19)24(21(16-28)25(32)31(22)17-18-5-2-1-3-6-18)29-10-12-30(13-11-29)26(33)23-7-4-14-34-23/h1-9,14-15H,10-13,17H2. The maximum Gasteiger partial charge on any atom is 0.289 e. The third-order valence-electron chi connectivity index (χ3n) is 6.11. The molecule has 7 nitrogen and oxygen atoms in total. The first-order valence-electron chi connectivity index (χ1n) is 10.9. The first-order chi connectivity index (χ1) is 16.6. The summed E-state index contributed by atoms with van der Waals surface area (Å²) in [6, 6.07) is 19.1. The molecule has 8 heteroatoms. The number of fused-ring (bicyclic) bond motifs is 1. The smallest absolute Gasteiger partial charge is 0.289 e. The van der Waals surface area contributed by atoms with Crippen LogP contribution in [-0.2, 0) is 6.54 Å². The SMILES string of the molecule is N#Cc1c(N2CCN(C(=O)c3ccco3)CC2)c2cc(F)ccc2n(Cc2ccccc2)c1=O. The number of piperazine rings is 1. The number of aromatic nitrogens is 1. The van der Waals surface area contributed by atoms with Gasteiger partial charge in [0.1, 0.15) is 17.4 Å². The van der Waals surface area contributed by atoms with Crippen LogP contribution in [0.25, 0.3) is 10.9 Å². The van der Waals surface area contributed by atoms with E-state index in [0.29, 0.717) is 42.8 Å². The van der Waals surface area contributed by atoms with Gasteiger partial charge in [-0.2, -0.15) is 5.26 Å². The molecule has 3 heterocycles. The minimum Gasteiger partial charge on any atom is -0.459 e. The van der Waals surface area contributed by atoms with Crippen molar-refractivity contribution in [3.05, 3.63) is 100.0 Å². The van der Waals surface area contributed by atoms with Gasteiger partial charge in [0.05, 0.1) is 24.0 Å². The Balaban J connectivity index is 1.55. The largest absolute Gasteiger partial charge is 0.459 e. The van der Waals surface area contributed by atoms with E-state index in [4.69, 9.17) is 4.42 Å². The molecule has 1 aliphatic heterocycles. The summed E-state index contributed by atoms with van der Waals surface area (Å²) in [5.41, 5.74) is 1.42. The van der Waals surface area contributed by atoms with Crippen LogP contribution in [0.5, 0.6) is 0 Å². The molecule has 170 valence electrons. The van der Waals surface area contributed by atoms with E-state index in [-0.39, 0.29) is 23.8 Å². The lowest BCUT2D eigenvalue weighted by Crippen LogP contribution is -2.49. The second kappa shape index (κ2) is 8.87. The molecule has 0 N–H and O–H groups in total. The van der Waals surface area contributed by atoms with Gasteiger partial charge in [-0.3, -0.25) is 9.59 Å². The van der Waals surface area contributed by atoms with Crippen LogP contribution in [0.3, 0.4) is 0 Å². The fourth-order valence-electron chi connectivity index (χ4n) is 4.46. The van der Waals surface area contributed by atoms with Crippen LogP contribution in [0.2, 0.25) is 0 Å². The normalized spacial score (nSPS) is 13.8. The Hall–Kier alpha value is -4.38. The number of amides is 1. The topological polar surface area (TPSA) is 82.5 Å². The summed E-state index contributed by atoms with van der Waals surface area (Å²) in [4.78, 5) is 29.6. The summed E-state index contributed by atoms with van der Waals surface area (Å²) in [5.74, 6) is -0.393. The van der Waals surface area contributed by atoms with Gasteiger partial charge >= 0.3 is 0 Å². The number of nitriles is 1. The highest BCUT2D eigenvalue weighted by molar-refractivity contribution is 5.95. The molecule has 5 rings (SSSR count). The molecule has 1 amide bonds. The van der Waals surface area contributed by atoms with Crippen molar-refractivity contribution >= 4 is 22.5 Å². The molecule has 4 aromatic rings. The lowest BCUT2D eigenvalue weighted by Gasteiger charge is -2.36. The highest BCUT2D eigenvalue weighted by Gasteiger charge is 2.28. The Kier molecular flexibility index (Phi) is 5.60. The molecular weight excluding hydrogens is 435 g/mol. The molecule has 0 saturated carbocycles. The van der Waals surface area contributed by atoms with Gasteiger partial charge in [-0.05, 0) is 35.9 Å². The van der Waals surface area contributed by atoms with E-state index in [0.717, 1.165) is 5.56 Å². The Morgan fingerprint density at radius 2 is 1.79 bits per heavy atom. The van der Waals surface area contributed by atoms with Gasteiger partial charge in [-0.15, -0.1) is 0 Å². The number of pyridine rings is 1.